The summed E-state index contributed by atoms with van der Waals surface area (Å²) in [5.41, 5.74) is 7.43. The van der Waals surface area contributed by atoms with Gasteiger partial charge in [0, 0.05) is 24.2 Å². The summed E-state index contributed by atoms with van der Waals surface area (Å²) < 4.78 is 0. The number of nitrogens with two attached hydrogens (primary N) is 1. The number of nitrogens with one attached hydrogen (secondary N) is 2. The van der Waals surface area contributed by atoms with Crippen molar-refractivity contribution in [2.24, 2.45) is 17.6 Å². The van der Waals surface area contributed by atoms with E-state index in [2.05, 4.69) is 17.6 Å². The second-order valence-corrected chi connectivity index (χ2v) is 7.29. The molecule has 0 spiro atoms. The summed E-state index contributed by atoms with van der Waals surface area (Å²) in [7, 11) is 3.93. The van der Waals surface area contributed by atoms with E-state index in [1.54, 1.807) is 12.1 Å². The second kappa shape index (κ2) is 8.97. The zero-order valence-electron chi connectivity index (χ0n) is 15.5. The van der Waals surface area contributed by atoms with Crippen molar-refractivity contribution in [2.45, 2.75) is 32.7 Å². The van der Waals surface area contributed by atoms with Crippen LogP contribution in [0.2, 0.25) is 0 Å². The standard InChI is InChI=1S/C19H30N4O2/c1-13(14-6-8-21-9-7-14)10-18(24)22-17-11-15(19(20)25)4-5-16(17)12-23(2)3/h4-5,11,13-14,21H,6-10,12H2,1-3H3,(H2,20,25)(H,22,24). The Morgan fingerprint density at radius 3 is 2.60 bits per heavy atom. The molecule has 0 aromatic heterocycles. The first kappa shape index (κ1) is 19.4. The van der Waals surface area contributed by atoms with Crippen molar-refractivity contribution in [3.8, 4) is 0 Å². The van der Waals surface area contributed by atoms with Gasteiger partial charge in [0.25, 0.3) is 0 Å². The van der Waals surface area contributed by atoms with E-state index < -0.39 is 5.91 Å². The number of primary amides is 1. The zero-order valence-corrected chi connectivity index (χ0v) is 15.5. The maximum Gasteiger partial charge on any atom is 0.248 e. The lowest BCUT2D eigenvalue weighted by molar-refractivity contribution is -0.117. The fourth-order valence-corrected chi connectivity index (χ4v) is 3.40. The van der Waals surface area contributed by atoms with Crippen LogP contribution in [0, 0.1) is 11.8 Å². The molecule has 1 saturated heterocycles. The quantitative estimate of drug-likeness (QED) is 0.703. The van der Waals surface area contributed by atoms with Gasteiger partial charge >= 0.3 is 0 Å². The van der Waals surface area contributed by atoms with Gasteiger partial charge in [-0.25, -0.2) is 0 Å². The molecule has 1 aromatic rings. The Kier molecular flexibility index (Phi) is 6.96. The van der Waals surface area contributed by atoms with Crippen molar-refractivity contribution >= 4 is 17.5 Å². The van der Waals surface area contributed by atoms with Crippen LogP contribution in [0.4, 0.5) is 5.69 Å². The predicted molar refractivity (Wildman–Crippen MR) is 100 cm³/mol. The van der Waals surface area contributed by atoms with Crippen molar-refractivity contribution < 1.29 is 9.59 Å². The maximum atomic E-state index is 12.5. The molecule has 1 fully saturated rings. The third-order valence-corrected chi connectivity index (χ3v) is 4.85. The van der Waals surface area contributed by atoms with Crippen LogP contribution < -0.4 is 16.4 Å². The molecule has 138 valence electrons. The molecule has 0 radical (unpaired) electrons. The van der Waals surface area contributed by atoms with Crippen LogP contribution in [0.25, 0.3) is 0 Å². The van der Waals surface area contributed by atoms with Crippen molar-refractivity contribution in [2.75, 3.05) is 32.5 Å². The minimum absolute atomic E-state index is 0.00680. The molecule has 6 heteroatoms. The molecule has 1 aliphatic heterocycles. The van der Waals surface area contributed by atoms with Gasteiger partial charge in [0.2, 0.25) is 11.8 Å². The van der Waals surface area contributed by atoms with Crippen molar-refractivity contribution in [1.82, 2.24) is 10.2 Å². The van der Waals surface area contributed by atoms with Gasteiger partial charge in [-0.15, -0.1) is 0 Å². The average Bonchev–Trinajstić information content (AvgIpc) is 2.56. The van der Waals surface area contributed by atoms with Gasteiger partial charge in [-0.3, -0.25) is 9.59 Å². The Morgan fingerprint density at radius 2 is 2.00 bits per heavy atom. The van der Waals surface area contributed by atoms with E-state index >= 15 is 0 Å². The number of hydrogen-bond donors (Lipinski definition) is 3. The Morgan fingerprint density at radius 1 is 1.32 bits per heavy atom. The summed E-state index contributed by atoms with van der Waals surface area (Å²) in [6.07, 6.45) is 2.74. The van der Waals surface area contributed by atoms with Crippen LogP contribution in [0.1, 0.15) is 42.1 Å². The van der Waals surface area contributed by atoms with Crippen LogP contribution in [0.5, 0.6) is 0 Å². The fraction of sp³-hybridized carbons (Fsp3) is 0.579. The van der Waals surface area contributed by atoms with E-state index in [1.807, 2.05) is 25.1 Å². The molecule has 1 atom stereocenters. The predicted octanol–water partition coefficient (Wildman–Crippen LogP) is 1.81. The number of piperidine rings is 1. The zero-order chi connectivity index (χ0) is 18.4. The van der Waals surface area contributed by atoms with E-state index in [1.165, 1.54) is 0 Å². The maximum absolute atomic E-state index is 12.5. The highest BCUT2D eigenvalue weighted by Gasteiger charge is 2.22. The summed E-state index contributed by atoms with van der Waals surface area (Å²) >= 11 is 0. The van der Waals surface area contributed by atoms with Gasteiger partial charge in [-0.1, -0.05) is 13.0 Å². The van der Waals surface area contributed by atoms with Gasteiger partial charge in [0.15, 0.2) is 0 Å². The van der Waals surface area contributed by atoms with Crippen LogP contribution in [-0.4, -0.2) is 43.9 Å². The molecular formula is C19H30N4O2. The molecule has 2 rings (SSSR count). The average molecular weight is 346 g/mol. The Bertz CT molecular complexity index is 609. The normalized spacial score (nSPS) is 16.6. The number of rotatable bonds is 7. The topological polar surface area (TPSA) is 87.5 Å². The van der Waals surface area contributed by atoms with Gasteiger partial charge < -0.3 is 21.3 Å². The highest BCUT2D eigenvalue weighted by molar-refractivity contribution is 5.97. The minimum Gasteiger partial charge on any atom is -0.366 e. The molecule has 1 heterocycles. The number of amides is 2. The van der Waals surface area contributed by atoms with Crippen molar-refractivity contribution in [3.63, 3.8) is 0 Å². The monoisotopic (exact) mass is 346 g/mol. The molecule has 1 aromatic carbocycles. The van der Waals surface area contributed by atoms with Crippen LogP contribution in [-0.2, 0) is 11.3 Å². The largest absolute Gasteiger partial charge is 0.366 e. The first-order chi connectivity index (χ1) is 11.9. The number of hydrogen-bond acceptors (Lipinski definition) is 4. The minimum atomic E-state index is -0.491. The lowest BCUT2D eigenvalue weighted by Crippen LogP contribution is -2.32. The number of benzene rings is 1. The molecule has 1 unspecified atom stereocenters. The van der Waals surface area contributed by atoms with Crippen LogP contribution >= 0.6 is 0 Å². The lowest BCUT2D eigenvalue weighted by atomic mass is 9.84. The summed E-state index contributed by atoms with van der Waals surface area (Å²) in [6, 6.07) is 5.23. The SMILES string of the molecule is CC(CC(=O)Nc1cc(C(N)=O)ccc1CN(C)C)C1CCNCC1. The fourth-order valence-electron chi connectivity index (χ4n) is 3.40. The summed E-state index contributed by atoms with van der Waals surface area (Å²) in [5, 5.41) is 6.35. The van der Waals surface area contributed by atoms with Crippen LogP contribution in [0.15, 0.2) is 18.2 Å². The second-order valence-electron chi connectivity index (χ2n) is 7.29. The highest BCUT2D eigenvalue weighted by atomic mass is 16.2. The first-order valence-electron chi connectivity index (χ1n) is 8.95. The molecule has 0 saturated carbocycles. The summed E-state index contributed by atoms with van der Waals surface area (Å²) in [6.45, 7) is 4.89. The van der Waals surface area contributed by atoms with Gasteiger partial charge in [-0.2, -0.15) is 0 Å². The smallest absolute Gasteiger partial charge is 0.248 e. The molecule has 2 amide bonds. The molecule has 6 nitrogen and oxygen atoms in total. The molecule has 0 aliphatic carbocycles. The Balaban J connectivity index is 2.06. The van der Waals surface area contributed by atoms with Gasteiger partial charge in [-0.05, 0) is 69.6 Å². The van der Waals surface area contributed by atoms with E-state index in [-0.39, 0.29) is 5.91 Å². The first-order valence-corrected chi connectivity index (χ1v) is 8.95. The molecule has 25 heavy (non-hydrogen) atoms. The van der Waals surface area contributed by atoms with E-state index in [0.29, 0.717) is 36.1 Å². The van der Waals surface area contributed by atoms with E-state index in [4.69, 9.17) is 5.73 Å². The summed E-state index contributed by atoms with van der Waals surface area (Å²) in [5.74, 6) is 0.437. The highest BCUT2D eigenvalue weighted by Crippen LogP contribution is 2.25. The van der Waals surface area contributed by atoms with E-state index in [0.717, 1.165) is 31.5 Å². The van der Waals surface area contributed by atoms with Crippen LogP contribution in [0.3, 0.4) is 0 Å². The number of carbonyl (C=O) groups excluding carboxylic acids is 2. The number of anilines is 1. The molecule has 0 bridgehead atoms. The third kappa shape index (κ3) is 5.83. The van der Waals surface area contributed by atoms with Gasteiger partial charge in [0.05, 0.1) is 0 Å². The molecular weight excluding hydrogens is 316 g/mol. The van der Waals surface area contributed by atoms with E-state index in [9.17, 15) is 9.59 Å². The third-order valence-electron chi connectivity index (χ3n) is 4.85. The van der Waals surface area contributed by atoms with Gasteiger partial charge in [0.1, 0.15) is 0 Å². The number of nitrogens with zero attached hydrogens (tertiary/aromatic N) is 1. The molecule has 4 N–H and O–H groups in total. The summed E-state index contributed by atoms with van der Waals surface area (Å²) in [4.78, 5) is 26.0. The lowest BCUT2D eigenvalue weighted by Gasteiger charge is -2.28. The van der Waals surface area contributed by atoms with Crippen molar-refractivity contribution in [1.29, 1.82) is 0 Å². The Hall–Kier alpha value is -1.92. The van der Waals surface area contributed by atoms with Crippen molar-refractivity contribution in [3.05, 3.63) is 29.3 Å². The number of carbonyl (C=O) groups is 2. The molecule has 1 aliphatic rings. The Labute approximate surface area is 150 Å².